The summed E-state index contributed by atoms with van der Waals surface area (Å²) in [6.45, 7) is 1.23. The van der Waals surface area contributed by atoms with Crippen LogP contribution in [-0.2, 0) is 15.0 Å². The zero-order chi connectivity index (χ0) is 32.1. The molecule has 1 heterocycles. The number of hydrogen-bond donors (Lipinski definition) is 2. The first kappa shape index (κ1) is 32.0. The number of amides is 2. The molecule has 2 aliphatic carbocycles. The zero-order valence-corrected chi connectivity index (χ0v) is 26.1. The topological polar surface area (TPSA) is 61.4 Å². The van der Waals surface area contributed by atoms with Crippen molar-refractivity contribution in [2.75, 3.05) is 26.2 Å². The predicted octanol–water partition coefficient (Wildman–Crippen LogP) is 7.28. The monoisotopic (exact) mass is 629 g/mol. The number of nitrogens with zero attached hydrogens (tertiary/aromatic N) is 1. The van der Waals surface area contributed by atoms with Gasteiger partial charge in [0.15, 0.2) is 0 Å². The third-order valence-corrected chi connectivity index (χ3v) is 10.0. The fourth-order valence-electron chi connectivity index (χ4n) is 7.74. The first-order chi connectivity index (χ1) is 22.3. The number of nitrogens with one attached hydrogen (secondary N) is 2. The van der Waals surface area contributed by atoms with Gasteiger partial charge in [-0.3, -0.25) is 9.59 Å². The van der Waals surface area contributed by atoms with Crippen LogP contribution < -0.4 is 10.6 Å². The van der Waals surface area contributed by atoms with Crippen LogP contribution >= 0.6 is 0 Å². The van der Waals surface area contributed by atoms with Gasteiger partial charge in [-0.15, -0.1) is 0 Å². The molecule has 2 amide bonds. The molecule has 0 spiro atoms. The Labute approximate surface area is 269 Å². The Morgan fingerprint density at radius 2 is 1.46 bits per heavy atom. The maximum Gasteiger partial charge on any atom is 0.405 e. The second-order valence-corrected chi connectivity index (χ2v) is 12.9. The minimum Gasteiger partial charge on any atom is -0.349 e. The van der Waals surface area contributed by atoms with Crippen LogP contribution in [0.5, 0.6) is 0 Å². The van der Waals surface area contributed by atoms with Crippen LogP contribution in [0, 0.1) is 0 Å². The summed E-state index contributed by atoms with van der Waals surface area (Å²) < 4.78 is 39.5. The van der Waals surface area contributed by atoms with E-state index in [1.54, 1.807) is 0 Å². The van der Waals surface area contributed by atoms with E-state index in [4.69, 9.17) is 0 Å². The van der Waals surface area contributed by atoms with Crippen molar-refractivity contribution in [3.63, 3.8) is 0 Å². The van der Waals surface area contributed by atoms with Crippen LogP contribution in [0.1, 0.15) is 74.0 Å². The van der Waals surface area contributed by atoms with Crippen LogP contribution in [0.4, 0.5) is 13.2 Å². The molecule has 3 aromatic carbocycles. The molecule has 1 fully saturated rings. The molecule has 0 bridgehead atoms. The molecule has 1 saturated heterocycles. The van der Waals surface area contributed by atoms with E-state index in [0.29, 0.717) is 12.8 Å². The maximum absolute atomic E-state index is 13.7. The molecule has 1 unspecified atom stereocenters. The van der Waals surface area contributed by atoms with Gasteiger partial charge in [-0.1, -0.05) is 91.4 Å². The highest BCUT2D eigenvalue weighted by atomic mass is 19.4. The second kappa shape index (κ2) is 13.8. The normalized spacial score (nSPS) is 19.5. The van der Waals surface area contributed by atoms with Gasteiger partial charge in [-0.25, -0.2) is 0 Å². The van der Waals surface area contributed by atoms with Gasteiger partial charge in [-0.2, -0.15) is 13.2 Å². The Morgan fingerprint density at radius 1 is 0.826 bits per heavy atom. The van der Waals surface area contributed by atoms with E-state index in [-0.39, 0.29) is 17.9 Å². The number of carbonyl (C=O) groups excluding carboxylic acids is 2. The maximum atomic E-state index is 13.7. The van der Waals surface area contributed by atoms with Crippen molar-refractivity contribution < 1.29 is 22.8 Å². The number of rotatable bonds is 10. The number of hydrogen-bond acceptors (Lipinski definition) is 3. The highest BCUT2D eigenvalue weighted by molar-refractivity contribution is 6.00. The van der Waals surface area contributed by atoms with Crippen molar-refractivity contribution >= 4 is 11.8 Å². The average Bonchev–Trinajstić information content (AvgIpc) is 3.37. The third kappa shape index (κ3) is 6.77. The first-order valence-electron chi connectivity index (χ1n) is 16.6. The average molecular weight is 630 g/mol. The SMILES string of the molecule is O=C(NC1CCN(CCCCC2(C(=O)NCC(F)(F)F)c3ccccc3-c3ccccc32)CC1)C1=CCCCC1c1ccccc1. The number of unbranched alkanes of at least 4 members (excludes halogenated alkanes) is 1. The quantitative estimate of drug-likeness (QED) is 0.232. The molecule has 5 nitrogen and oxygen atoms in total. The minimum atomic E-state index is -4.49. The summed E-state index contributed by atoms with van der Waals surface area (Å²) in [4.78, 5) is 29.4. The molecule has 242 valence electrons. The van der Waals surface area contributed by atoms with Gasteiger partial charge in [0, 0.05) is 30.6 Å². The van der Waals surface area contributed by atoms with E-state index in [0.717, 1.165) is 86.0 Å². The van der Waals surface area contributed by atoms with Crippen molar-refractivity contribution in [1.29, 1.82) is 0 Å². The molecule has 1 aliphatic heterocycles. The fourth-order valence-corrected chi connectivity index (χ4v) is 7.74. The van der Waals surface area contributed by atoms with Crippen LogP contribution in [0.2, 0.25) is 0 Å². The number of likely N-dealkylation sites (tertiary alicyclic amines) is 1. The van der Waals surface area contributed by atoms with Gasteiger partial charge in [0.25, 0.3) is 0 Å². The zero-order valence-electron chi connectivity index (χ0n) is 26.1. The van der Waals surface area contributed by atoms with Gasteiger partial charge in [0.1, 0.15) is 12.0 Å². The van der Waals surface area contributed by atoms with Gasteiger partial charge in [-0.05, 0) is 79.3 Å². The minimum absolute atomic E-state index is 0.0539. The van der Waals surface area contributed by atoms with E-state index < -0.39 is 24.0 Å². The third-order valence-electron chi connectivity index (χ3n) is 10.0. The van der Waals surface area contributed by atoms with E-state index in [9.17, 15) is 22.8 Å². The molecule has 6 rings (SSSR count). The lowest BCUT2D eigenvalue weighted by Gasteiger charge is -2.34. The highest BCUT2D eigenvalue weighted by Gasteiger charge is 2.49. The molecule has 0 aromatic heterocycles. The fraction of sp³-hybridized carbons (Fsp3) is 0.421. The summed E-state index contributed by atoms with van der Waals surface area (Å²) in [7, 11) is 0. The molecule has 8 heteroatoms. The van der Waals surface area contributed by atoms with Crippen molar-refractivity contribution in [2.24, 2.45) is 0 Å². The standard InChI is InChI=1S/C38H42F3N3O2/c39-38(40,41)26-42-36(46)37(33-18-8-6-15-30(33)31-16-7-9-19-34(31)37)22-10-11-23-44-24-20-28(21-25-44)43-35(45)32-17-5-4-14-29(32)27-12-2-1-3-13-27/h1-3,6-9,12-13,15-19,28-29H,4-5,10-11,14,20-26H2,(H,42,46)(H,43,45). The smallest absolute Gasteiger partial charge is 0.349 e. The number of piperidine rings is 1. The predicted molar refractivity (Wildman–Crippen MR) is 174 cm³/mol. The summed E-state index contributed by atoms with van der Waals surface area (Å²) in [6.07, 6.45) is 4.33. The molecule has 3 aliphatic rings. The number of alkyl halides is 3. The van der Waals surface area contributed by atoms with Crippen LogP contribution in [0.15, 0.2) is 90.5 Å². The number of benzene rings is 3. The van der Waals surface area contributed by atoms with Crippen LogP contribution in [-0.4, -0.2) is 55.1 Å². The summed E-state index contributed by atoms with van der Waals surface area (Å²) in [6, 6.07) is 25.6. The lowest BCUT2D eigenvalue weighted by molar-refractivity contribution is -0.141. The lowest BCUT2D eigenvalue weighted by atomic mass is 9.73. The molecule has 46 heavy (non-hydrogen) atoms. The molecule has 2 N–H and O–H groups in total. The number of halogens is 3. The highest BCUT2D eigenvalue weighted by Crippen LogP contribution is 2.51. The van der Waals surface area contributed by atoms with Gasteiger partial charge >= 0.3 is 6.18 Å². The summed E-state index contributed by atoms with van der Waals surface area (Å²) in [5.74, 6) is -0.396. The van der Waals surface area contributed by atoms with E-state index in [1.165, 1.54) is 5.56 Å². The van der Waals surface area contributed by atoms with Crippen molar-refractivity contribution in [2.45, 2.75) is 74.9 Å². The van der Waals surface area contributed by atoms with Crippen molar-refractivity contribution in [1.82, 2.24) is 15.5 Å². The molecule has 0 saturated carbocycles. The Morgan fingerprint density at radius 3 is 2.11 bits per heavy atom. The summed E-state index contributed by atoms with van der Waals surface area (Å²) >= 11 is 0. The van der Waals surface area contributed by atoms with Crippen molar-refractivity contribution in [3.05, 3.63) is 107 Å². The number of fused-ring (bicyclic) bond motifs is 3. The molecular weight excluding hydrogens is 587 g/mol. The van der Waals surface area contributed by atoms with Crippen LogP contribution in [0.3, 0.4) is 0 Å². The van der Waals surface area contributed by atoms with Crippen LogP contribution in [0.25, 0.3) is 11.1 Å². The molecule has 3 aromatic rings. The largest absolute Gasteiger partial charge is 0.405 e. The summed E-state index contributed by atoms with van der Waals surface area (Å²) in [5.41, 5.74) is 4.28. The Balaban J connectivity index is 1.05. The van der Waals surface area contributed by atoms with Crippen molar-refractivity contribution in [3.8, 4) is 11.1 Å². The van der Waals surface area contributed by atoms with E-state index in [1.807, 2.05) is 66.7 Å². The molecule has 1 atom stereocenters. The van der Waals surface area contributed by atoms with Gasteiger partial charge in [0.05, 0.1) is 0 Å². The number of carbonyl (C=O) groups is 2. The van der Waals surface area contributed by atoms with Gasteiger partial charge < -0.3 is 15.5 Å². The molecule has 0 radical (unpaired) electrons. The Bertz CT molecular complexity index is 1520. The van der Waals surface area contributed by atoms with E-state index >= 15 is 0 Å². The second-order valence-electron chi connectivity index (χ2n) is 12.9. The lowest BCUT2D eigenvalue weighted by Crippen LogP contribution is -2.47. The molecular formula is C38H42F3N3O2. The summed E-state index contributed by atoms with van der Waals surface area (Å²) in [5, 5.41) is 5.53. The van der Waals surface area contributed by atoms with Gasteiger partial charge in [0.2, 0.25) is 11.8 Å². The Hall–Kier alpha value is -3.91. The first-order valence-corrected chi connectivity index (χ1v) is 16.6. The Kier molecular flexibility index (Phi) is 9.64. The van der Waals surface area contributed by atoms with E-state index in [2.05, 4.69) is 33.7 Å². The number of allylic oxidation sites excluding steroid dienone is 1.